The van der Waals surface area contributed by atoms with Crippen LogP contribution in [0.4, 0.5) is 0 Å². The van der Waals surface area contributed by atoms with E-state index < -0.39 is 0 Å². The molecule has 0 aliphatic rings. The zero-order chi connectivity index (χ0) is 23.6. The van der Waals surface area contributed by atoms with Crippen molar-refractivity contribution in [2.45, 2.75) is 78.1 Å². The zero-order valence-corrected chi connectivity index (χ0v) is 22.2. The molecule has 0 radical (unpaired) electrons. The fourth-order valence-electron chi connectivity index (χ4n) is 4.28. The first-order valence-corrected chi connectivity index (χ1v) is 14.6. The quantitative estimate of drug-likeness (QED) is 0.175. The van der Waals surface area contributed by atoms with Crippen molar-refractivity contribution in [1.82, 2.24) is 9.97 Å². The molecule has 0 saturated carbocycles. The highest BCUT2D eigenvalue weighted by Crippen LogP contribution is 2.32. The number of thiophene rings is 2. The molecule has 34 heavy (non-hydrogen) atoms. The van der Waals surface area contributed by atoms with Gasteiger partial charge in [-0.1, -0.05) is 52.4 Å². The molecule has 0 aliphatic heterocycles. The lowest BCUT2D eigenvalue weighted by atomic mass is 10.1. The minimum atomic E-state index is 0.939. The molecule has 0 aromatic carbocycles. The molecular weight excluding hydrogens is 452 g/mol. The van der Waals surface area contributed by atoms with E-state index in [0.29, 0.717) is 0 Å². The molecule has 0 unspecified atom stereocenters. The van der Waals surface area contributed by atoms with E-state index in [1.807, 2.05) is 35.1 Å². The van der Waals surface area contributed by atoms with Gasteiger partial charge in [0.2, 0.25) is 0 Å². The molecule has 4 heterocycles. The third kappa shape index (κ3) is 6.86. The number of rotatable bonds is 13. The lowest BCUT2D eigenvalue weighted by Crippen LogP contribution is -1.88. The van der Waals surface area contributed by atoms with Crippen molar-refractivity contribution < 1.29 is 0 Å². The van der Waals surface area contributed by atoms with E-state index in [0.717, 1.165) is 11.4 Å². The smallest absolute Gasteiger partial charge is 0.0892 e. The second-order valence-electron chi connectivity index (χ2n) is 9.12. The summed E-state index contributed by atoms with van der Waals surface area (Å²) in [6.45, 7) is 4.53. The van der Waals surface area contributed by atoms with Gasteiger partial charge in [0.05, 0.1) is 11.4 Å². The number of hydrogen-bond donors (Lipinski definition) is 0. The molecule has 0 spiro atoms. The number of hydrogen-bond acceptors (Lipinski definition) is 4. The van der Waals surface area contributed by atoms with Crippen molar-refractivity contribution in [3.8, 4) is 32.3 Å². The van der Waals surface area contributed by atoms with Gasteiger partial charge in [-0.05, 0) is 95.1 Å². The molecule has 4 aromatic heterocycles. The number of pyridine rings is 2. The first kappa shape index (κ1) is 24.8. The summed E-state index contributed by atoms with van der Waals surface area (Å²) in [6.07, 6.45) is 16.7. The molecule has 0 bridgehead atoms. The summed E-state index contributed by atoms with van der Waals surface area (Å²) in [5, 5.41) is 4.63. The lowest BCUT2D eigenvalue weighted by molar-refractivity contribution is 0.667. The van der Waals surface area contributed by atoms with Gasteiger partial charge in [-0.15, -0.1) is 22.7 Å². The molecule has 0 fully saturated rings. The van der Waals surface area contributed by atoms with Gasteiger partial charge >= 0.3 is 0 Å². The fourth-order valence-corrected chi connectivity index (χ4v) is 6.17. The van der Waals surface area contributed by atoms with Gasteiger partial charge in [0.15, 0.2) is 0 Å². The van der Waals surface area contributed by atoms with Gasteiger partial charge in [-0.3, -0.25) is 9.97 Å². The minimum Gasteiger partial charge on any atom is -0.255 e. The van der Waals surface area contributed by atoms with Crippen molar-refractivity contribution in [2.24, 2.45) is 0 Å². The van der Waals surface area contributed by atoms with Crippen LogP contribution in [0.15, 0.2) is 59.6 Å². The van der Waals surface area contributed by atoms with Crippen LogP contribution in [0.3, 0.4) is 0 Å². The van der Waals surface area contributed by atoms with Gasteiger partial charge in [0.1, 0.15) is 0 Å². The molecule has 0 aliphatic carbocycles. The first-order valence-electron chi connectivity index (χ1n) is 12.8. The number of aryl methyl sites for hydroxylation is 2. The Morgan fingerprint density at radius 3 is 1.50 bits per heavy atom. The standard InChI is InChI=1S/C30H36N2S2/c1-3-5-7-9-11-23-17-29(33-21-23)25-13-15-31-27(19-25)28-20-26(14-16-32-28)30-18-24(22-34-30)12-10-8-6-4-2/h13-22H,3-12H2,1-2H3. The monoisotopic (exact) mass is 488 g/mol. The predicted octanol–water partition coefficient (Wildman–Crippen LogP) is 9.85. The first-order chi connectivity index (χ1) is 16.8. The predicted molar refractivity (Wildman–Crippen MR) is 150 cm³/mol. The van der Waals surface area contributed by atoms with Crippen LogP contribution in [-0.4, -0.2) is 9.97 Å². The Morgan fingerprint density at radius 2 is 1.06 bits per heavy atom. The summed E-state index contributed by atoms with van der Waals surface area (Å²) in [4.78, 5) is 11.9. The third-order valence-electron chi connectivity index (χ3n) is 6.30. The number of unbranched alkanes of at least 4 members (excludes halogenated alkanes) is 6. The maximum Gasteiger partial charge on any atom is 0.0892 e. The average molecular weight is 489 g/mol. The summed E-state index contributed by atoms with van der Waals surface area (Å²) < 4.78 is 0. The van der Waals surface area contributed by atoms with E-state index >= 15 is 0 Å². The number of aromatic nitrogens is 2. The van der Waals surface area contributed by atoms with E-state index in [1.54, 1.807) is 0 Å². The molecule has 178 valence electrons. The molecule has 0 N–H and O–H groups in total. The van der Waals surface area contributed by atoms with Crippen LogP contribution < -0.4 is 0 Å². The summed E-state index contributed by atoms with van der Waals surface area (Å²) in [5.41, 5.74) is 7.25. The van der Waals surface area contributed by atoms with Gasteiger partial charge < -0.3 is 0 Å². The Labute approximate surface area is 213 Å². The van der Waals surface area contributed by atoms with Crippen molar-refractivity contribution in [3.05, 3.63) is 70.7 Å². The van der Waals surface area contributed by atoms with Crippen LogP contribution >= 0.6 is 22.7 Å². The summed E-state index contributed by atoms with van der Waals surface area (Å²) in [6, 6.07) is 13.3. The zero-order valence-electron chi connectivity index (χ0n) is 20.6. The van der Waals surface area contributed by atoms with Crippen molar-refractivity contribution >= 4 is 22.7 Å². The highest BCUT2D eigenvalue weighted by Gasteiger charge is 2.09. The lowest BCUT2D eigenvalue weighted by Gasteiger charge is -2.05. The summed E-state index contributed by atoms with van der Waals surface area (Å²) in [5.74, 6) is 0. The highest BCUT2D eigenvalue weighted by atomic mass is 32.1. The third-order valence-corrected chi connectivity index (χ3v) is 8.35. The van der Waals surface area contributed by atoms with Crippen molar-refractivity contribution in [3.63, 3.8) is 0 Å². The molecule has 0 amide bonds. The van der Waals surface area contributed by atoms with Gasteiger partial charge in [-0.2, -0.15) is 0 Å². The maximum atomic E-state index is 4.66. The minimum absolute atomic E-state index is 0.939. The molecular formula is C30H36N2S2. The summed E-state index contributed by atoms with van der Waals surface area (Å²) in [7, 11) is 0. The van der Waals surface area contributed by atoms with Gasteiger partial charge in [-0.25, -0.2) is 0 Å². The normalized spacial score (nSPS) is 11.2. The van der Waals surface area contributed by atoms with Crippen molar-refractivity contribution in [1.29, 1.82) is 0 Å². The molecule has 4 rings (SSSR count). The summed E-state index contributed by atoms with van der Waals surface area (Å²) >= 11 is 3.67. The van der Waals surface area contributed by atoms with Crippen LogP contribution in [0.2, 0.25) is 0 Å². The highest BCUT2D eigenvalue weighted by molar-refractivity contribution is 7.14. The molecule has 0 saturated heterocycles. The molecule has 0 atom stereocenters. The second-order valence-corrected chi connectivity index (χ2v) is 10.9. The van der Waals surface area contributed by atoms with Crippen LogP contribution in [0, 0.1) is 0 Å². The average Bonchev–Trinajstić information content (AvgIpc) is 3.55. The van der Waals surface area contributed by atoms with Crippen LogP contribution in [-0.2, 0) is 12.8 Å². The van der Waals surface area contributed by atoms with Crippen LogP contribution in [0.25, 0.3) is 32.3 Å². The Morgan fingerprint density at radius 1 is 0.588 bits per heavy atom. The van der Waals surface area contributed by atoms with Gasteiger partial charge in [0, 0.05) is 22.1 Å². The van der Waals surface area contributed by atoms with E-state index in [9.17, 15) is 0 Å². The molecule has 2 nitrogen and oxygen atoms in total. The topological polar surface area (TPSA) is 25.8 Å². The fraction of sp³-hybridized carbons (Fsp3) is 0.400. The Hall–Kier alpha value is -2.30. The van der Waals surface area contributed by atoms with Gasteiger partial charge in [0.25, 0.3) is 0 Å². The number of nitrogens with zero attached hydrogens (tertiary/aromatic N) is 2. The molecule has 4 heteroatoms. The van der Waals surface area contributed by atoms with Crippen molar-refractivity contribution in [2.75, 3.05) is 0 Å². The Balaban J connectivity index is 1.46. The van der Waals surface area contributed by atoms with Crippen LogP contribution in [0.5, 0.6) is 0 Å². The Bertz CT molecular complexity index is 1070. The van der Waals surface area contributed by atoms with E-state index in [4.69, 9.17) is 0 Å². The second kappa shape index (κ2) is 13.0. The van der Waals surface area contributed by atoms with Crippen LogP contribution in [0.1, 0.15) is 76.3 Å². The van der Waals surface area contributed by atoms with E-state index in [2.05, 4.69) is 71.0 Å². The Kier molecular flexibility index (Phi) is 9.46. The largest absolute Gasteiger partial charge is 0.255 e. The van der Waals surface area contributed by atoms with E-state index in [1.165, 1.54) is 96.2 Å². The van der Waals surface area contributed by atoms with E-state index in [-0.39, 0.29) is 0 Å². The SMILES string of the molecule is CCCCCCc1csc(-c2ccnc(-c3cc(-c4cc(CCCCCC)cs4)ccn3)c2)c1. The molecule has 4 aromatic rings. The maximum absolute atomic E-state index is 4.66.